The Labute approximate surface area is 485 Å². The van der Waals surface area contributed by atoms with Crippen molar-refractivity contribution in [2.45, 2.75) is 251 Å². The second-order valence-electron chi connectivity index (χ2n) is 21.8. The van der Waals surface area contributed by atoms with Gasteiger partial charge in [-0.1, -0.05) is 238 Å². The van der Waals surface area contributed by atoms with Crippen molar-refractivity contribution >= 4 is 19.7 Å². The number of unbranched alkanes of at least 4 members (excludes halogenated alkanes) is 19. The van der Waals surface area contributed by atoms with Crippen molar-refractivity contribution in [2.24, 2.45) is 0 Å². The van der Waals surface area contributed by atoms with Crippen LogP contribution in [0.1, 0.15) is 239 Å². The molecule has 0 radical (unpaired) electrons. The summed E-state index contributed by atoms with van der Waals surface area (Å²) in [4.78, 5) is 40.0. The minimum Gasteiger partial charge on any atom is -0.756 e. The lowest BCUT2D eigenvalue weighted by molar-refractivity contribution is -0.870. The third kappa shape index (κ3) is 58.6. The Morgan fingerprint density at radius 3 is 1.23 bits per heavy atom. The maximum Gasteiger partial charge on any atom is 0.306 e. The van der Waals surface area contributed by atoms with E-state index in [9.17, 15) is 19.0 Å². The maximum absolute atomic E-state index is 13.5. The van der Waals surface area contributed by atoms with Crippen molar-refractivity contribution in [3.8, 4) is 0 Å². The second-order valence-corrected chi connectivity index (χ2v) is 23.2. The molecule has 0 bridgehead atoms. The summed E-state index contributed by atoms with van der Waals surface area (Å²) >= 11 is 0. The number of carbonyl (C=O) groups is 2. The largest absolute Gasteiger partial charge is 0.756 e. The zero-order chi connectivity index (χ0) is 57.9. The van der Waals surface area contributed by atoms with Crippen molar-refractivity contribution in [3.05, 3.63) is 134 Å². The molecule has 450 valence electrons. The van der Waals surface area contributed by atoms with Crippen molar-refractivity contribution in [1.82, 2.24) is 5.32 Å². The summed E-state index contributed by atoms with van der Waals surface area (Å²) in [6.07, 6.45) is 81.4. The smallest absolute Gasteiger partial charge is 0.306 e. The highest BCUT2D eigenvalue weighted by molar-refractivity contribution is 7.45. The molecule has 0 fully saturated rings. The highest BCUT2D eigenvalue weighted by atomic mass is 31.2. The molecule has 1 amide bonds. The third-order valence-corrected chi connectivity index (χ3v) is 14.0. The van der Waals surface area contributed by atoms with Crippen LogP contribution in [0.15, 0.2) is 134 Å². The van der Waals surface area contributed by atoms with E-state index in [0.717, 1.165) is 128 Å². The average Bonchev–Trinajstić information content (AvgIpc) is 3.41. The van der Waals surface area contributed by atoms with Crippen LogP contribution in [0.5, 0.6) is 0 Å². The Morgan fingerprint density at radius 1 is 0.456 bits per heavy atom. The molecule has 3 unspecified atom stereocenters. The molecule has 0 spiro atoms. The molecule has 10 heteroatoms. The molecular weight excluding hydrogens is 1000 g/mol. The normalized spacial score (nSPS) is 14.6. The van der Waals surface area contributed by atoms with Gasteiger partial charge in [-0.25, -0.2) is 0 Å². The molecule has 0 aliphatic carbocycles. The van der Waals surface area contributed by atoms with Crippen molar-refractivity contribution in [3.63, 3.8) is 0 Å². The zero-order valence-corrected chi connectivity index (χ0v) is 52.2. The Hall–Kier alpha value is -3.85. The van der Waals surface area contributed by atoms with Gasteiger partial charge in [-0.15, -0.1) is 0 Å². The van der Waals surface area contributed by atoms with E-state index in [0.29, 0.717) is 23.9 Å². The van der Waals surface area contributed by atoms with E-state index in [4.69, 9.17) is 13.8 Å². The molecule has 0 saturated heterocycles. The summed E-state index contributed by atoms with van der Waals surface area (Å²) in [5.41, 5.74) is 0. The molecule has 1 N–H and O–H groups in total. The number of nitrogens with one attached hydrogen (secondary N) is 1. The van der Waals surface area contributed by atoms with Crippen molar-refractivity contribution < 1.29 is 37.3 Å². The second kappa shape index (κ2) is 57.4. The van der Waals surface area contributed by atoms with E-state index in [1.54, 1.807) is 0 Å². The van der Waals surface area contributed by atoms with Crippen LogP contribution in [0.4, 0.5) is 0 Å². The number of likely N-dealkylation sites (N-methyl/N-ethyl adjacent to an activating group) is 1. The monoisotopic (exact) mass is 1120 g/mol. The number of nitrogens with zero attached hydrogens (tertiary/aromatic N) is 1. The summed E-state index contributed by atoms with van der Waals surface area (Å²) in [6, 6.07) is -0.920. The van der Waals surface area contributed by atoms with Gasteiger partial charge in [0.25, 0.3) is 7.82 Å². The van der Waals surface area contributed by atoms with Gasteiger partial charge in [0, 0.05) is 12.8 Å². The van der Waals surface area contributed by atoms with Crippen LogP contribution in [0, 0.1) is 0 Å². The minimum atomic E-state index is -4.72. The van der Waals surface area contributed by atoms with Crippen LogP contribution in [0.25, 0.3) is 0 Å². The van der Waals surface area contributed by atoms with Crippen molar-refractivity contribution in [1.29, 1.82) is 0 Å². The number of amides is 1. The molecule has 0 aliphatic heterocycles. The van der Waals surface area contributed by atoms with Gasteiger partial charge in [0.1, 0.15) is 19.3 Å². The number of allylic oxidation sites excluding steroid dienone is 21. The molecule has 0 aromatic rings. The number of phosphoric ester groups is 1. The first-order chi connectivity index (χ1) is 38.4. The van der Waals surface area contributed by atoms with Gasteiger partial charge in [-0.05, 0) is 122 Å². The summed E-state index contributed by atoms with van der Waals surface area (Å²) < 4.78 is 30.3. The van der Waals surface area contributed by atoms with E-state index < -0.39 is 26.6 Å². The highest BCUT2D eigenvalue weighted by Crippen LogP contribution is 2.38. The van der Waals surface area contributed by atoms with Gasteiger partial charge in [-0.3, -0.25) is 14.2 Å². The average molecular weight is 1120 g/mol. The first-order valence-corrected chi connectivity index (χ1v) is 33.0. The van der Waals surface area contributed by atoms with Crippen LogP contribution in [-0.4, -0.2) is 69.4 Å². The number of hydrogen-bond donors (Lipinski definition) is 1. The predicted octanol–water partition coefficient (Wildman–Crippen LogP) is 19.0. The van der Waals surface area contributed by atoms with Gasteiger partial charge in [0.2, 0.25) is 5.91 Å². The molecule has 0 aromatic heterocycles. The first-order valence-electron chi connectivity index (χ1n) is 31.5. The van der Waals surface area contributed by atoms with E-state index in [2.05, 4.69) is 148 Å². The Kier molecular flexibility index (Phi) is 54.6. The fourth-order valence-corrected chi connectivity index (χ4v) is 9.00. The number of rotatable bonds is 55. The number of quaternary nitrogens is 1. The number of hydrogen-bond acceptors (Lipinski definition) is 7. The van der Waals surface area contributed by atoms with Gasteiger partial charge >= 0.3 is 5.97 Å². The molecule has 3 atom stereocenters. The van der Waals surface area contributed by atoms with E-state index in [-0.39, 0.29) is 31.3 Å². The van der Waals surface area contributed by atoms with Crippen LogP contribution in [-0.2, 0) is 27.9 Å². The maximum atomic E-state index is 13.5. The molecule has 0 rings (SSSR count). The lowest BCUT2D eigenvalue weighted by Gasteiger charge is -2.30. The minimum absolute atomic E-state index is 0.0386. The molecule has 0 heterocycles. The molecule has 0 saturated carbocycles. The fraction of sp³-hybridized carbons (Fsp3) is 0.652. The van der Waals surface area contributed by atoms with Crippen LogP contribution in [0.3, 0.4) is 0 Å². The Bertz CT molecular complexity index is 1810. The number of ether oxygens (including phenoxy) is 1. The Morgan fingerprint density at radius 2 is 0.810 bits per heavy atom. The number of esters is 1. The predicted molar refractivity (Wildman–Crippen MR) is 339 cm³/mol. The summed E-state index contributed by atoms with van der Waals surface area (Å²) in [5, 5.41) is 3.00. The number of phosphoric acid groups is 1. The molecule has 0 aromatic carbocycles. The molecule has 0 aliphatic rings. The van der Waals surface area contributed by atoms with Crippen LogP contribution in [0.2, 0.25) is 0 Å². The van der Waals surface area contributed by atoms with Gasteiger partial charge in [0.05, 0.1) is 33.8 Å². The fourth-order valence-electron chi connectivity index (χ4n) is 8.28. The molecule has 79 heavy (non-hydrogen) atoms. The lowest BCUT2D eigenvalue weighted by Crippen LogP contribution is -2.47. The summed E-state index contributed by atoms with van der Waals surface area (Å²) in [7, 11) is 1.13. The SMILES string of the molecule is CC/C=C\C/C=C\C/C=C\C/C=C\C/C=C\CCCCCCCCCC(=O)OC(/C=C/CCCCCCCCCCC)C(COP(=O)([O-])OCC[N+](C)(C)C)NC(=O)CCCCC/C=C\C/C=C\C/C=C\C/C=C\C/C=C\CC. The zero-order valence-electron chi connectivity index (χ0n) is 51.3. The van der Waals surface area contributed by atoms with Gasteiger partial charge in [-0.2, -0.15) is 0 Å². The Balaban J connectivity index is 5.28. The third-order valence-electron chi connectivity index (χ3n) is 13.1. The van der Waals surface area contributed by atoms with Crippen molar-refractivity contribution in [2.75, 3.05) is 40.9 Å². The van der Waals surface area contributed by atoms with E-state index in [1.807, 2.05) is 33.3 Å². The van der Waals surface area contributed by atoms with Gasteiger partial charge < -0.3 is 28.5 Å². The lowest BCUT2D eigenvalue weighted by atomic mass is 10.1. The molecule has 9 nitrogen and oxygen atoms in total. The quantitative estimate of drug-likeness (QED) is 0.0212. The van der Waals surface area contributed by atoms with E-state index in [1.165, 1.54) is 64.2 Å². The number of carbonyl (C=O) groups excluding carboxylic acids is 2. The van der Waals surface area contributed by atoms with E-state index >= 15 is 0 Å². The van der Waals surface area contributed by atoms with Crippen LogP contribution >= 0.6 is 7.82 Å². The van der Waals surface area contributed by atoms with Gasteiger partial charge in [0.15, 0.2) is 0 Å². The first kappa shape index (κ1) is 75.2. The topological polar surface area (TPSA) is 114 Å². The molecular formula is C69H117N2O7P. The van der Waals surface area contributed by atoms with Crippen LogP contribution < -0.4 is 10.2 Å². The highest BCUT2D eigenvalue weighted by Gasteiger charge is 2.27. The summed E-state index contributed by atoms with van der Waals surface area (Å²) in [5.74, 6) is -0.602. The standard InChI is InChI=1S/C69H117N2O7P/c1-7-10-13-16-19-22-25-27-29-31-33-34-35-36-38-40-42-44-47-50-53-56-59-62-69(73)78-67(60-57-54-51-48-45-24-21-18-15-12-9-3)66(65-77-79(74,75)76-64-63-71(4,5)6)70-68(72)61-58-55-52-49-46-43-41-39-37-32-30-28-26-23-20-17-14-11-8-2/h10-11,13-14,19-20,22-23,27-30,33-34,36-39,43,46,57,60,66-67H,7-9,12,15-18,21,24-26,31-32,35,40-42,44-45,47-56,58-59,61-65H2,1-6H3,(H-,70,72,74,75)/b13-10-,14-11-,22-19-,23-20-,29-27-,30-28-,34-33-,38-36-,39-37-,46-43-,60-57+. The summed E-state index contributed by atoms with van der Waals surface area (Å²) in [6.45, 7) is 6.56.